The monoisotopic (exact) mass is 452 g/mol. The van der Waals surface area contributed by atoms with Gasteiger partial charge in [0.2, 0.25) is 5.95 Å². The fraction of sp³-hybridized carbons (Fsp3) is 0.720. The third-order valence-electron chi connectivity index (χ3n) is 8.36. The van der Waals surface area contributed by atoms with Gasteiger partial charge in [-0.15, -0.1) is 0 Å². The molecule has 2 aliphatic carbocycles. The van der Waals surface area contributed by atoms with Gasteiger partial charge in [-0.25, -0.2) is 4.98 Å². The molecule has 0 bridgehead atoms. The van der Waals surface area contributed by atoms with Crippen LogP contribution in [0.1, 0.15) is 81.1 Å². The van der Waals surface area contributed by atoms with Gasteiger partial charge in [0.25, 0.3) is 5.91 Å². The summed E-state index contributed by atoms with van der Waals surface area (Å²) in [6, 6.07) is 3.59. The highest BCUT2D eigenvalue weighted by atomic mass is 16.5. The number of nitrogens with one attached hydrogen (secondary N) is 3. The van der Waals surface area contributed by atoms with Crippen molar-refractivity contribution < 1.29 is 9.53 Å². The van der Waals surface area contributed by atoms with Crippen molar-refractivity contribution in [2.24, 2.45) is 0 Å². The second-order valence-corrected chi connectivity index (χ2v) is 10.6. The summed E-state index contributed by atoms with van der Waals surface area (Å²) in [6.07, 6.45) is 14.6. The van der Waals surface area contributed by atoms with Crippen LogP contribution < -0.4 is 16.0 Å². The summed E-state index contributed by atoms with van der Waals surface area (Å²) in [4.78, 5) is 22.2. The summed E-state index contributed by atoms with van der Waals surface area (Å²) in [5.74, 6) is 0.704. The maximum absolute atomic E-state index is 12.6. The van der Waals surface area contributed by atoms with Gasteiger partial charge in [0.15, 0.2) is 0 Å². The molecule has 2 aliphatic heterocycles. The van der Waals surface area contributed by atoms with Gasteiger partial charge in [-0.1, -0.05) is 19.3 Å². The van der Waals surface area contributed by atoms with Crippen molar-refractivity contribution in [1.82, 2.24) is 25.2 Å². The van der Waals surface area contributed by atoms with E-state index in [1.807, 2.05) is 12.3 Å². The quantitative estimate of drug-likeness (QED) is 0.659. The lowest BCUT2D eigenvalue weighted by molar-refractivity contribution is 0.0730. The Bertz CT molecular complexity index is 1000. The third-order valence-corrected chi connectivity index (χ3v) is 8.36. The van der Waals surface area contributed by atoms with E-state index >= 15 is 0 Å². The largest absolute Gasteiger partial charge is 0.381 e. The molecule has 178 valence electrons. The van der Waals surface area contributed by atoms with Crippen molar-refractivity contribution in [3.8, 4) is 0 Å². The number of aromatic nitrogens is 3. The number of carbonyl (C=O) groups excluding carboxylic acids is 1. The minimum absolute atomic E-state index is 0.00839. The highest BCUT2D eigenvalue weighted by Gasteiger charge is 2.41. The molecule has 3 fully saturated rings. The second kappa shape index (κ2) is 8.87. The van der Waals surface area contributed by atoms with Gasteiger partial charge in [-0.3, -0.25) is 4.79 Å². The number of fused-ring (bicyclic) bond motifs is 4. The van der Waals surface area contributed by atoms with Gasteiger partial charge in [0.1, 0.15) is 11.3 Å². The van der Waals surface area contributed by atoms with E-state index in [4.69, 9.17) is 9.72 Å². The summed E-state index contributed by atoms with van der Waals surface area (Å²) in [7, 11) is 0. The molecule has 1 saturated heterocycles. The highest BCUT2D eigenvalue weighted by molar-refractivity contribution is 5.99. The first-order valence-corrected chi connectivity index (χ1v) is 13.0. The number of carbonyl (C=O) groups is 1. The van der Waals surface area contributed by atoms with Crippen LogP contribution >= 0.6 is 0 Å². The van der Waals surface area contributed by atoms with Crippen molar-refractivity contribution in [3.63, 3.8) is 0 Å². The van der Waals surface area contributed by atoms with Gasteiger partial charge >= 0.3 is 0 Å². The van der Waals surface area contributed by atoms with Gasteiger partial charge in [0.05, 0.1) is 5.54 Å². The topological polar surface area (TPSA) is 93.1 Å². The zero-order valence-corrected chi connectivity index (χ0v) is 19.4. The van der Waals surface area contributed by atoms with Crippen molar-refractivity contribution in [3.05, 3.63) is 18.0 Å². The molecule has 0 radical (unpaired) electrons. The van der Waals surface area contributed by atoms with Crippen LogP contribution in [0.25, 0.3) is 11.0 Å². The molecule has 2 saturated carbocycles. The van der Waals surface area contributed by atoms with E-state index in [0.717, 1.165) is 68.5 Å². The molecule has 33 heavy (non-hydrogen) atoms. The van der Waals surface area contributed by atoms with Crippen molar-refractivity contribution in [2.45, 2.75) is 94.3 Å². The Morgan fingerprint density at radius 2 is 1.73 bits per heavy atom. The molecule has 2 aromatic heterocycles. The van der Waals surface area contributed by atoms with Gasteiger partial charge in [0, 0.05) is 49.5 Å². The lowest BCUT2D eigenvalue weighted by Gasteiger charge is -2.42. The Morgan fingerprint density at radius 1 is 1.00 bits per heavy atom. The Morgan fingerprint density at radius 3 is 2.52 bits per heavy atom. The third kappa shape index (κ3) is 4.12. The van der Waals surface area contributed by atoms with Crippen molar-refractivity contribution >= 4 is 22.9 Å². The molecule has 4 aliphatic rings. The molecule has 8 nitrogen and oxygen atoms in total. The lowest BCUT2D eigenvalue weighted by Crippen LogP contribution is -2.52. The van der Waals surface area contributed by atoms with E-state index in [0.29, 0.717) is 30.6 Å². The molecule has 6 rings (SSSR count). The van der Waals surface area contributed by atoms with E-state index in [1.54, 1.807) is 0 Å². The van der Waals surface area contributed by atoms with E-state index in [-0.39, 0.29) is 11.4 Å². The highest BCUT2D eigenvalue weighted by Crippen LogP contribution is 2.40. The summed E-state index contributed by atoms with van der Waals surface area (Å²) >= 11 is 0. The minimum atomic E-state index is -0.0389. The van der Waals surface area contributed by atoms with Crippen LogP contribution in [0.5, 0.6) is 0 Å². The summed E-state index contributed by atoms with van der Waals surface area (Å²) in [5.41, 5.74) is 1.61. The van der Waals surface area contributed by atoms with Crippen LogP contribution in [0.15, 0.2) is 12.3 Å². The number of nitrogens with zero attached hydrogens (tertiary/aromatic N) is 3. The smallest absolute Gasteiger partial charge is 0.268 e. The second-order valence-electron chi connectivity index (χ2n) is 10.6. The molecule has 0 atom stereocenters. The number of hydrogen-bond acceptors (Lipinski definition) is 6. The first-order chi connectivity index (χ1) is 16.2. The van der Waals surface area contributed by atoms with Crippen LogP contribution in [0.2, 0.25) is 0 Å². The minimum Gasteiger partial charge on any atom is -0.381 e. The van der Waals surface area contributed by atoms with Gasteiger partial charge < -0.3 is 25.3 Å². The van der Waals surface area contributed by atoms with Crippen LogP contribution in [-0.2, 0) is 10.3 Å². The normalized spacial score (nSPS) is 27.9. The van der Waals surface area contributed by atoms with E-state index in [1.165, 1.54) is 32.1 Å². The van der Waals surface area contributed by atoms with Gasteiger partial charge in [-0.05, 0) is 57.4 Å². The standard InChI is InChI=1S/C25H36N6O2/c32-23-21-14-17-15-26-24(30-22(17)31(21)25(16-27-23)10-2-1-3-11-25)29-19-6-4-18(5-7-19)28-20-8-12-33-13-9-20/h14-15,18-20,28H,1-13,16H2,(H,27,32)(H,26,29,30). The Hall–Kier alpha value is -2.19. The predicted octanol–water partition coefficient (Wildman–Crippen LogP) is 3.33. The van der Waals surface area contributed by atoms with Crippen LogP contribution in [0.3, 0.4) is 0 Å². The molecule has 3 N–H and O–H groups in total. The first kappa shape index (κ1) is 21.4. The molecule has 0 aromatic carbocycles. The molecule has 1 amide bonds. The Labute approximate surface area is 195 Å². The predicted molar refractivity (Wildman–Crippen MR) is 128 cm³/mol. The average molecular weight is 453 g/mol. The van der Waals surface area contributed by atoms with E-state index in [9.17, 15) is 4.79 Å². The summed E-state index contributed by atoms with van der Waals surface area (Å²) < 4.78 is 7.74. The molecule has 4 heterocycles. The summed E-state index contributed by atoms with van der Waals surface area (Å²) in [6.45, 7) is 2.49. The molecular weight excluding hydrogens is 416 g/mol. The zero-order chi connectivity index (χ0) is 22.3. The van der Waals surface area contributed by atoms with Crippen LogP contribution in [0.4, 0.5) is 5.95 Å². The SMILES string of the molecule is O=C1NCC2(CCCCC2)n2c1cc1cnc(NC3CCC(NC4CCOCC4)CC3)nc12. The number of hydrogen-bond donors (Lipinski definition) is 3. The summed E-state index contributed by atoms with van der Waals surface area (Å²) in [5, 5.41) is 11.6. The Kier molecular flexibility index (Phi) is 5.74. The van der Waals surface area contributed by atoms with E-state index < -0.39 is 0 Å². The number of anilines is 1. The van der Waals surface area contributed by atoms with Crippen LogP contribution in [-0.4, -0.2) is 58.3 Å². The maximum Gasteiger partial charge on any atom is 0.268 e. The Balaban J connectivity index is 1.17. The van der Waals surface area contributed by atoms with E-state index in [2.05, 4.69) is 25.5 Å². The fourth-order valence-corrected chi connectivity index (χ4v) is 6.52. The first-order valence-electron chi connectivity index (χ1n) is 13.0. The molecule has 2 aromatic rings. The molecule has 0 unspecified atom stereocenters. The molecule has 1 spiro atoms. The van der Waals surface area contributed by atoms with Crippen LogP contribution in [0, 0.1) is 0 Å². The molecule has 8 heteroatoms. The lowest BCUT2D eigenvalue weighted by atomic mass is 9.80. The van der Waals surface area contributed by atoms with Crippen molar-refractivity contribution in [1.29, 1.82) is 0 Å². The number of ether oxygens (including phenoxy) is 1. The molecular formula is C25H36N6O2. The zero-order valence-electron chi connectivity index (χ0n) is 19.4. The van der Waals surface area contributed by atoms with Gasteiger partial charge in [-0.2, -0.15) is 4.98 Å². The van der Waals surface area contributed by atoms with Crippen molar-refractivity contribution in [2.75, 3.05) is 25.1 Å². The fourth-order valence-electron chi connectivity index (χ4n) is 6.52. The number of rotatable bonds is 4. The maximum atomic E-state index is 12.6. The number of amides is 1. The average Bonchev–Trinajstić information content (AvgIpc) is 3.25.